The largest absolute Gasteiger partial charge is 0.309 e. The molecule has 0 radical (unpaired) electrons. The first kappa shape index (κ1) is 51.9. The van der Waals surface area contributed by atoms with Gasteiger partial charge in [0.1, 0.15) is 0 Å². The first-order valence-electron chi connectivity index (χ1n) is 30.4. The van der Waals surface area contributed by atoms with Crippen LogP contribution in [0.5, 0.6) is 0 Å². The molecule has 6 nitrogen and oxygen atoms in total. The summed E-state index contributed by atoms with van der Waals surface area (Å²) in [5, 5.41) is 11.8. The van der Waals surface area contributed by atoms with E-state index in [-0.39, 0.29) is 0 Å². The van der Waals surface area contributed by atoms with Crippen molar-refractivity contribution in [3.05, 3.63) is 362 Å². The number of hydrogen-bond acceptors (Lipinski definition) is 3. The van der Waals surface area contributed by atoms with Crippen molar-refractivity contribution >= 4 is 94.2 Å². The van der Waals surface area contributed by atoms with Crippen molar-refractivity contribution in [2.75, 3.05) is 0 Å². The van der Waals surface area contributed by atoms with Crippen LogP contribution in [-0.4, -0.2) is 36.7 Å². The van der Waals surface area contributed by atoms with Gasteiger partial charge in [0.15, 0.2) is 13.9 Å². The summed E-state index contributed by atoms with van der Waals surface area (Å²) < 4.78 is 6.99. The Morgan fingerprint density at radius 2 is 0.652 bits per heavy atom. The van der Waals surface area contributed by atoms with Crippen molar-refractivity contribution in [3.63, 3.8) is 0 Å². The van der Waals surface area contributed by atoms with Gasteiger partial charge in [-0.3, -0.25) is 9.13 Å². The van der Waals surface area contributed by atoms with Crippen molar-refractivity contribution in [1.82, 2.24) is 28.7 Å². The number of hydrogen-bond donors (Lipinski definition) is 0. The van der Waals surface area contributed by atoms with Gasteiger partial charge < -0.3 is 4.57 Å². The van der Waals surface area contributed by atoms with Crippen LogP contribution in [0.1, 0.15) is 22.3 Å². The third-order valence-electron chi connectivity index (χ3n) is 18.4. The third-order valence-corrected chi connectivity index (χ3v) is 23.2. The summed E-state index contributed by atoms with van der Waals surface area (Å²) in [5.41, 5.74) is 12.0. The summed E-state index contributed by atoms with van der Waals surface area (Å²) in [6.45, 7) is 0. The molecule has 418 valence electrons. The molecule has 0 aliphatic carbocycles. The average Bonchev–Trinajstić information content (AvgIpc) is 1.61. The average molecular weight is 1150 g/mol. The van der Waals surface area contributed by atoms with E-state index < -0.39 is 13.5 Å². The van der Waals surface area contributed by atoms with E-state index in [0.29, 0.717) is 17.7 Å². The lowest BCUT2D eigenvalue weighted by molar-refractivity contribution is 0.746. The zero-order valence-corrected chi connectivity index (χ0v) is 49.5. The Labute approximate surface area is 516 Å². The summed E-state index contributed by atoms with van der Waals surface area (Å²) in [7, 11) is -2.88. The molecule has 4 aromatic heterocycles. The monoisotopic (exact) mass is 1150 g/mol. The Kier molecular flexibility index (Phi) is 12.3. The summed E-state index contributed by atoms with van der Waals surface area (Å²) in [6.07, 6.45) is 0. The second-order valence-electron chi connectivity index (χ2n) is 23.0. The van der Waals surface area contributed by atoms with Crippen LogP contribution in [0.4, 0.5) is 0 Å². The molecule has 0 aliphatic heterocycles. The van der Waals surface area contributed by atoms with Crippen LogP contribution in [0.15, 0.2) is 340 Å². The van der Waals surface area contributed by atoms with Gasteiger partial charge in [0.2, 0.25) is 11.9 Å². The van der Waals surface area contributed by atoms with Crippen LogP contribution in [0.25, 0.3) is 94.4 Å². The number of nitrogens with zero attached hydrogens (tertiary/aromatic N) is 6. The van der Waals surface area contributed by atoms with Gasteiger partial charge in [0, 0.05) is 43.6 Å². The lowest BCUT2D eigenvalue weighted by Crippen LogP contribution is -2.74. The Morgan fingerprint density at radius 1 is 0.258 bits per heavy atom. The second-order valence-corrected chi connectivity index (χ2v) is 26.8. The van der Waals surface area contributed by atoms with E-state index in [1.807, 2.05) is 0 Å². The van der Waals surface area contributed by atoms with Crippen LogP contribution < -0.4 is 20.7 Å². The van der Waals surface area contributed by atoms with Gasteiger partial charge in [-0.15, -0.1) is 0 Å². The minimum absolute atomic E-state index is 0.503. The SMILES string of the molecule is c1ccc(-n2c3ccccc3c3c2ccc2c4ccc(C(c5ccccc5)(c5ccccc5)c5ccccc5)cc4n(-c4nc(-c5ccc([Si](c6ccccc6)(c6ccccc6)c6ccccc6)cc5)nc(-n5c6ccccc6c6ccccc65)n4)c23)cc1. The molecule has 0 unspecified atom stereocenters. The van der Waals surface area contributed by atoms with Crippen molar-refractivity contribution in [3.8, 4) is 29.0 Å². The van der Waals surface area contributed by atoms with Gasteiger partial charge >= 0.3 is 0 Å². The summed E-state index contributed by atoms with van der Waals surface area (Å²) in [5.74, 6) is 1.58. The summed E-state index contributed by atoms with van der Waals surface area (Å²) in [6, 6.07) is 124. The lowest BCUT2D eigenvalue weighted by atomic mass is 9.65. The Hall–Kier alpha value is -11.5. The first-order chi connectivity index (χ1) is 44.2. The molecule has 0 fully saturated rings. The van der Waals surface area contributed by atoms with Crippen molar-refractivity contribution in [1.29, 1.82) is 0 Å². The summed E-state index contributed by atoms with van der Waals surface area (Å²) in [4.78, 5) is 17.3. The fourth-order valence-electron chi connectivity index (χ4n) is 14.7. The molecule has 0 aliphatic rings. The molecule has 0 bridgehead atoms. The van der Waals surface area contributed by atoms with Crippen molar-refractivity contribution in [2.24, 2.45) is 0 Å². The highest BCUT2D eigenvalue weighted by atomic mass is 28.3. The van der Waals surface area contributed by atoms with Gasteiger partial charge in [0.25, 0.3) is 0 Å². The molecule has 4 heterocycles. The number of benzene rings is 13. The minimum atomic E-state index is -2.88. The van der Waals surface area contributed by atoms with Crippen LogP contribution in [0.2, 0.25) is 0 Å². The van der Waals surface area contributed by atoms with E-state index in [9.17, 15) is 0 Å². The fourth-order valence-corrected chi connectivity index (χ4v) is 19.4. The molecule has 17 aromatic rings. The minimum Gasteiger partial charge on any atom is -0.309 e. The predicted octanol–water partition coefficient (Wildman–Crippen LogP) is 16.6. The normalized spacial score (nSPS) is 12.0. The molecule has 89 heavy (non-hydrogen) atoms. The first-order valence-corrected chi connectivity index (χ1v) is 32.4. The van der Waals surface area contributed by atoms with Crippen molar-refractivity contribution < 1.29 is 0 Å². The van der Waals surface area contributed by atoms with E-state index in [1.165, 1.54) is 20.7 Å². The maximum absolute atomic E-state index is 5.84. The molecule has 0 amide bonds. The molecule has 0 saturated heterocycles. The van der Waals surface area contributed by atoms with E-state index in [4.69, 9.17) is 15.0 Å². The van der Waals surface area contributed by atoms with Crippen LogP contribution in [-0.2, 0) is 5.41 Å². The highest BCUT2D eigenvalue weighted by Gasteiger charge is 2.42. The van der Waals surface area contributed by atoms with E-state index in [2.05, 4.69) is 353 Å². The standard InChI is InChI=1S/C82H56N6Si/c1-8-28-58(29-9-1)82(59-30-10-2-11-31-59,60-32-12-3-13-33-60)61-50-53-69-70-54-55-75-77(71-44-24-27-47-74(71)86(75)62-34-14-4-15-35-62)78(70)88(76(69)56-61)81-84-79(83-80(85-81)87-72-45-25-22-42-67(72)68-43-23-26-46-73(68)87)57-48-51-66(52-49-57)89(63-36-16-5-17-37-63,64-38-18-6-19-39-64)65-40-20-7-21-41-65/h1-56H. The molecular weight excluding hydrogens is 1100 g/mol. The second kappa shape index (κ2) is 21.2. The molecular formula is C82H56N6Si. The molecule has 13 aromatic carbocycles. The van der Waals surface area contributed by atoms with E-state index in [1.54, 1.807) is 0 Å². The lowest BCUT2D eigenvalue weighted by Gasteiger charge is -2.37. The number of fused-ring (bicyclic) bond motifs is 10. The van der Waals surface area contributed by atoms with Gasteiger partial charge in [-0.2, -0.15) is 15.0 Å². The maximum Gasteiger partial charge on any atom is 0.240 e. The fraction of sp³-hybridized carbons (Fsp3) is 0.0122. The van der Waals surface area contributed by atoms with Crippen molar-refractivity contribution in [2.45, 2.75) is 5.41 Å². The molecule has 17 rings (SSSR count). The maximum atomic E-state index is 5.84. The van der Waals surface area contributed by atoms with Gasteiger partial charge in [0.05, 0.1) is 38.5 Å². The molecule has 0 atom stereocenters. The predicted molar refractivity (Wildman–Crippen MR) is 370 cm³/mol. The van der Waals surface area contributed by atoms with Gasteiger partial charge in [-0.05, 0) is 85.5 Å². The third kappa shape index (κ3) is 8.06. The van der Waals surface area contributed by atoms with Crippen LogP contribution in [0.3, 0.4) is 0 Å². The van der Waals surface area contributed by atoms with Crippen LogP contribution in [0, 0.1) is 0 Å². The topological polar surface area (TPSA) is 53.5 Å². The highest BCUT2D eigenvalue weighted by molar-refractivity contribution is 7.19. The molecule has 0 N–H and O–H groups in total. The number of para-hydroxylation sites is 4. The van der Waals surface area contributed by atoms with E-state index in [0.717, 1.165) is 98.9 Å². The highest BCUT2D eigenvalue weighted by Crippen LogP contribution is 2.48. The van der Waals surface area contributed by atoms with Gasteiger partial charge in [-0.1, -0.05) is 297 Å². The Bertz CT molecular complexity index is 5210. The quantitative estimate of drug-likeness (QED) is 0.0905. The van der Waals surface area contributed by atoms with E-state index >= 15 is 0 Å². The molecule has 0 saturated carbocycles. The van der Waals surface area contributed by atoms with Gasteiger partial charge in [-0.25, -0.2) is 0 Å². The zero-order chi connectivity index (χ0) is 58.9. The molecule has 7 heteroatoms. The molecule has 0 spiro atoms. The Balaban J connectivity index is 1.00. The number of aromatic nitrogens is 6. The smallest absolute Gasteiger partial charge is 0.240 e. The zero-order valence-electron chi connectivity index (χ0n) is 48.5. The van der Waals surface area contributed by atoms with Crippen LogP contribution >= 0.6 is 0 Å². The number of rotatable bonds is 12. The summed E-state index contributed by atoms with van der Waals surface area (Å²) >= 11 is 0. The Morgan fingerprint density at radius 3 is 1.16 bits per heavy atom.